The zero-order valence-electron chi connectivity index (χ0n) is 21.3. The summed E-state index contributed by atoms with van der Waals surface area (Å²) < 4.78 is 80.8. The number of aryl methyl sites for hydroxylation is 2. The zero-order valence-corrected chi connectivity index (χ0v) is 22.2. The van der Waals surface area contributed by atoms with Gasteiger partial charge in [0, 0.05) is 18.8 Å². The molecular formula is C27H31F3NO6S-. The van der Waals surface area contributed by atoms with E-state index in [-0.39, 0.29) is 36.8 Å². The van der Waals surface area contributed by atoms with Gasteiger partial charge in [0.25, 0.3) is 10.0 Å². The number of rotatable bonds is 8. The van der Waals surface area contributed by atoms with Crippen LogP contribution in [0.2, 0.25) is 0 Å². The minimum absolute atomic E-state index is 0.0501. The molecule has 2 aromatic carbocycles. The fourth-order valence-corrected chi connectivity index (χ4v) is 7.14. The Balaban J connectivity index is 1.75. The second kappa shape index (κ2) is 10.8. The number of carbonyl (C=O) groups excluding carboxylic acids is 1. The molecule has 1 saturated heterocycles. The molecular weight excluding hydrogens is 523 g/mol. The van der Waals surface area contributed by atoms with Crippen LogP contribution in [0.1, 0.15) is 61.0 Å². The van der Waals surface area contributed by atoms with E-state index in [9.17, 15) is 31.5 Å². The van der Waals surface area contributed by atoms with Gasteiger partial charge in [-0.1, -0.05) is 19.1 Å². The van der Waals surface area contributed by atoms with Crippen molar-refractivity contribution in [2.75, 3.05) is 24.1 Å². The van der Waals surface area contributed by atoms with Crippen LogP contribution >= 0.6 is 0 Å². The Morgan fingerprint density at radius 3 is 2.53 bits per heavy atom. The first-order valence-corrected chi connectivity index (χ1v) is 14.1. The Morgan fingerprint density at radius 2 is 1.89 bits per heavy atom. The highest BCUT2D eigenvalue weighted by Gasteiger charge is 2.50. The highest BCUT2D eigenvalue weighted by atomic mass is 32.2. The maximum atomic E-state index is 14.0. The highest BCUT2D eigenvalue weighted by Crippen LogP contribution is 2.46. The van der Waals surface area contributed by atoms with Gasteiger partial charge in [-0.2, -0.15) is 13.2 Å². The molecule has 0 aromatic heterocycles. The normalized spacial score (nSPS) is 20.7. The molecule has 11 heteroatoms. The van der Waals surface area contributed by atoms with E-state index in [0.29, 0.717) is 25.2 Å². The minimum atomic E-state index is -4.62. The van der Waals surface area contributed by atoms with Gasteiger partial charge in [0.2, 0.25) is 0 Å². The standard InChI is InChI=1S/C27H32F3NO6S/c1-3-18-4-6-23-20(14-18)8-11-26(2,17-27(28,29)30)31(23)38(34,35)21-5-7-24(22(15-21)25(32)33)37-16-19-9-12-36-13-10-19/h4-7,14-15,19H,3,8-13,16-17H2,1-2H3,(H,32,33)/p-1/t26-/m0/s1. The van der Waals surface area contributed by atoms with Gasteiger partial charge >= 0.3 is 6.18 Å². The van der Waals surface area contributed by atoms with Gasteiger partial charge in [0.05, 0.1) is 35.1 Å². The average Bonchev–Trinajstić information content (AvgIpc) is 2.86. The molecule has 1 fully saturated rings. The molecule has 0 radical (unpaired) electrons. The zero-order chi connectivity index (χ0) is 27.7. The van der Waals surface area contributed by atoms with Crippen LogP contribution < -0.4 is 14.1 Å². The summed E-state index contributed by atoms with van der Waals surface area (Å²) in [6, 6.07) is 8.34. The van der Waals surface area contributed by atoms with Gasteiger partial charge in [-0.05, 0) is 80.3 Å². The number of ether oxygens (including phenoxy) is 2. The van der Waals surface area contributed by atoms with Crippen LogP contribution in [0, 0.1) is 5.92 Å². The lowest BCUT2D eigenvalue weighted by atomic mass is 9.84. The predicted molar refractivity (Wildman–Crippen MR) is 133 cm³/mol. The summed E-state index contributed by atoms with van der Waals surface area (Å²) in [6.45, 7) is 4.58. The Labute approximate surface area is 220 Å². The quantitative estimate of drug-likeness (QED) is 0.484. The first-order chi connectivity index (χ1) is 17.8. The fourth-order valence-electron chi connectivity index (χ4n) is 5.25. The molecule has 208 valence electrons. The first kappa shape index (κ1) is 28.2. The minimum Gasteiger partial charge on any atom is -0.545 e. The van der Waals surface area contributed by atoms with Crippen molar-refractivity contribution in [3.8, 4) is 5.75 Å². The molecule has 0 saturated carbocycles. The summed E-state index contributed by atoms with van der Waals surface area (Å²) in [5.41, 5.74) is -0.559. The van der Waals surface area contributed by atoms with E-state index >= 15 is 0 Å². The number of sulfonamides is 1. The second-order valence-electron chi connectivity index (χ2n) is 10.2. The maximum Gasteiger partial charge on any atom is 0.391 e. The lowest BCUT2D eigenvalue weighted by Gasteiger charge is -2.46. The molecule has 0 bridgehead atoms. The molecule has 1 atom stereocenters. The van der Waals surface area contributed by atoms with Crippen LogP contribution in [0.25, 0.3) is 0 Å². The average molecular weight is 555 g/mol. The fraction of sp³-hybridized carbons (Fsp3) is 0.519. The SMILES string of the molecule is CCc1ccc2c(c1)CC[C@@](C)(CC(F)(F)F)N2S(=O)(=O)c1ccc(OCC2CCOCC2)c(C(=O)[O-])c1. The van der Waals surface area contributed by atoms with Crippen LogP contribution in [-0.4, -0.2) is 45.9 Å². The Hall–Kier alpha value is -2.79. The Kier molecular flexibility index (Phi) is 7.99. The van der Waals surface area contributed by atoms with Crippen molar-refractivity contribution in [3.63, 3.8) is 0 Å². The predicted octanol–water partition coefficient (Wildman–Crippen LogP) is 4.27. The van der Waals surface area contributed by atoms with E-state index in [1.165, 1.54) is 25.1 Å². The summed E-state index contributed by atoms with van der Waals surface area (Å²) >= 11 is 0. The van der Waals surface area contributed by atoms with Gasteiger partial charge in [-0.15, -0.1) is 0 Å². The van der Waals surface area contributed by atoms with Crippen molar-refractivity contribution in [3.05, 3.63) is 53.1 Å². The maximum absolute atomic E-state index is 14.0. The third-order valence-corrected chi connectivity index (χ3v) is 9.27. The largest absolute Gasteiger partial charge is 0.545 e. The van der Waals surface area contributed by atoms with Crippen molar-refractivity contribution in [1.82, 2.24) is 0 Å². The number of alkyl halides is 3. The van der Waals surface area contributed by atoms with Crippen LogP contribution in [-0.2, 0) is 27.6 Å². The number of hydrogen-bond donors (Lipinski definition) is 0. The van der Waals surface area contributed by atoms with Crippen LogP contribution in [0.5, 0.6) is 5.75 Å². The molecule has 0 amide bonds. The van der Waals surface area contributed by atoms with E-state index in [1.807, 2.05) is 13.0 Å². The number of aromatic carboxylic acids is 1. The summed E-state index contributed by atoms with van der Waals surface area (Å²) in [7, 11) is -4.61. The van der Waals surface area contributed by atoms with E-state index in [4.69, 9.17) is 9.47 Å². The third kappa shape index (κ3) is 5.93. The molecule has 0 spiro atoms. The summed E-state index contributed by atoms with van der Waals surface area (Å²) in [5.74, 6) is -1.54. The van der Waals surface area contributed by atoms with Crippen LogP contribution in [0.15, 0.2) is 41.3 Å². The van der Waals surface area contributed by atoms with Crippen molar-refractivity contribution in [1.29, 1.82) is 0 Å². The number of fused-ring (bicyclic) bond motifs is 1. The van der Waals surface area contributed by atoms with Crippen molar-refractivity contribution < 1.29 is 41.0 Å². The molecule has 2 aromatic rings. The van der Waals surface area contributed by atoms with Gasteiger partial charge in [-0.25, -0.2) is 8.42 Å². The van der Waals surface area contributed by atoms with Gasteiger partial charge in [0.15, 0.2) is 0 Å². The molecule has 4 rings (SSSR count). The lowest BCUT2D eigenvalue weighted by molar-refractivity contribution is -0.255. The van der Waals surface area contributed by atoms with E-state index in [1.54, 1.807) is 6.07 Å². The van der Waals surface area contributed by atoms with E-state index in [0.717, 1.165) is 28.8 Å². The van der Waals surface area contributed by atoms with Crippen molar-refractivity contribution in [2.24, 2.45) is 5.92 Å². The molecule has 2 aliphatic heterocycles. The monoisotopic (exact) mass is 554 g/mol. The molecule has 0 aliphatic carbocycles. The number of hydrogen-bond acceptors (Lipinski definition) is 6. The second-order valence-corrected chi connectivity index (χ2v) is 12.0. The highest BCUT2D eigenvalue weighted by molar-refractivity contribution is 7.93. The van der Waals surface area contributed by atoms with Gasteiger partial charge in [-0.3, -0.25) is 4.31 Å². The molecule has 0 unspecified atom stereocenters. The lowest BCUT2D eigenvalue weighted by Crippen LogP contribution is -2.54. The topological polar surface area (TPSA) is 96.0 Å². The van der Waals surface area contributed by atoms with Crippen molar-refractivity contribution >= 4 is 21.7 Å². The number of benzene rings is 2. The summed E-state index contributed by atoms with van der Waals surface area (Å²) in [4.78, 5) is 11.5. The summed E-state index contributed by atoms with van der Waals surface area (Å²) in [5, 5.41) is 11.9. The smallest absolute Gasteiger partial charge is 0.391 e. The third-order valence-electron chi connectivity index (χ3n) is 7.30. The molecule has 2 aliphatic rings. The van der Waals surface area contributed by atoms with Crippen molar-refractivity contribution in [2.45, 2.75) is 69.0 Å². The molecule has 2 heterocycles. The van der Waals surface area contributed by atoms with Crippen LogP contribution in [0.4, 0.5) is 18.9 Å². The molecule has 7 nitrogen and oxygen atoms in total. The van der Waals surface area contributed by atoms with Crippen LogP contribution in [0.3, 0.4) is 0 Å². The van der Waals surface area contributed by atoms with E-state index < -0.39 is 44.6 Å². The first-order valence-electron chi connectivity index (χ1n) is 12.6. The molecule has 38 heavy (non-hydrogen) atoms. The number of carbonyl (C=O) groups is 1. The molecule has 0 N–H and O–H groups in total. The van der Waals surface area contributed by atoms with Gasteiger partial charge in [0.1, 0.15) is 5.75 Å². The number of carboxylic acids is 1. The van der Waals surface area contributed by atoms with E-state index in [2.05, 4.69) is 0 Å². The Bertz CT molecular complexity index is 1290. The Morgan fingerprint density at radius 1 is 1.18 bits per heavy atom. The summed E-state index contributed by atoms with van der Waals surface area (Å²) in [6.07, 6.45) is -3.56. The van der Waals surface area contributed by atoms with Gasteiger partial charge < -0.3 is 19.4 Å². The number of nitrogens with zero attached hydrogens (tertiary/aromatic N) is 1. The number of carboxylic acid groups (broad SMARTS) is 1. The number of anilines is 1. The number of halogens is 3.